The Kier molecular flexibility index (Phi) is 2.57. The zero-order valence-corrected chi connectivity index (χ0v) is 6.54. The fraction of sp³-hybridized carbons (Fsp3) is 0.125. The second-order valence-corrected chi connectivity index (χ2v) is 2.35. The molecule has 0 aliphatic carbocycles. The van der Waals surface area contributed by atoms with Crippen molar-refractivity contribution >= 4 is 5.69 Å². The summed E-state index contributed by atoms with van der Waals surface area (Å²) in [6.45, 7) is 0. The summed E-state index contributed by atoms with van der Waals surface area (Å²) in [4.78, 5) is 9.80. The highest BCUT2D eigenvalue weighted by Gasteiger charge is 2.18. The minimum absolute atomic E-state index is 0.0231. The van der Waals surface area contributed by atoms with Crippen LogP contribution in [0.2, 0.25) is 0 Å². The van der Waals surface area contributed by atoms with Crippen LogP contribution in [0.1, 0.15) is 11.7 Å². The van der Waals surface area contributed by atoms with Crippen LogP contribution in [0.3, 0.4) is 0 Å². The summed E-state index contributed by atoms with van der Waals surface area (Å²) in [5, 5.41) is 27.9. The van der Waals surface area contributed by atoms with E-state index in [1.54, 1.807) is 0 Å². The van der Waals surface area contributed by atoms with E-state index in [4.69, 9.17) is 10.4 Å². The number of para-hydroxylation sites is 1. The molecule has 1 rings (SSSR count). The second kappa shape index (κ2) is 3.65. The van der Waals surface area contributed by atoms with Crippen LogP contribution in [-0.4, -0.2) is 10.0 Å². The molecule has 1 N–H and O–H groups in total. The van der Waals surface area contributed by atoms with Crippen LogP contribution in [0.25, 0.3) is 0 Å². The third kappa shape index (κ3) is 1.80. The molecule has 0 radical (unpaired) electrons. The standard InChI is InChI=1S/C8H6N2O3/c9-5-8(11)6-3-1-2-4-7(6)10(12)13/h1-4,8,11H. The Morgan fingerprint density at radius 2 is 2.15 bits per heavy atom. The molecule has 0 saturated carbocycles. The molecule has 0 amide bonds. The third-order valence-corrected chi connectivity index (χ3v) is 1.55. The molecule has 1 aromatic carbocycles. The SMILES string of the molecule is N#CC(O)c1ccccc1[N+](=O)[O-]. The average Bonchev–Trinajstić information content (AvgIpc) is 2.16. The van der Waals surface area contributed by atoms with E-state index in [1.807, 2.05) is 0 Å². The van der Waals surface area contributed by atoms with Crippen molar-refractivity contribution in [1.82, 2.24) is 0 Å². The number of nitro benzene ring substituents is 1. The van der Waals surface area contributed by atoms with Crippen molar-refractivity contribution in [1.29, 1.82) is 5.26 Å². The van der Waals surface area contributed by atoms with Crippen molar-refractivity contribution in [2.45, 2.75) is 6.10 Å². The van der Waals surface area contributed by atoms with Crippen LogP contribution in [-0.2, 0) is 0 Å². The molecule has 0 aromatic heterocycles. The van der Waals surface area contributed by atoms with Gasteiger partial charge in [-0.25, -0.2) is 0 Å². The van der Waals surface area contributed by atoms with E-state index >= 15 is 0 Å². The number of hydrogen-bond donors (Lipinski definition) is 1. The molecule has 0 spiro atoms. The van der Waals surface area contributed by atoms with Crippen LogP contribution in [0.4, 0.5) is 5.69 Å². The molecule has 66 valence electrons. The molecule has 0 aliphatic rings. The molecule has 5 heteroatoms. The van der Waals surface area contributed by atoms with Gasteiger partial charge in [-0.2, -0.15) is 5.26 Å². The van der Waals surface area contributed by atoms with Crippen LogP contribution in [0.5, 0.6) is 0 Å². The van der Waals surface area contributed by atoms with Gasteiger partial charge in [-0.15, -0.1) is 0 Å². The Labute approximate surface area is 74.0 Å². The van der Waals surface area contributed by atoms with Crippen molar-refractivity contribution in [3.05, 3.63) is 39.9 Å². The molecule has 0 saturated heterocycles. The number of benzene rings is 1. The zero-order valence-electron chi connectivity index (χ0n) is 6.54. The van der Waals surface area contributed by atoms with E-state index in [0.29, 0.717) is 0 Å². The number of hydrogen-bond acceptors (Lipinski definition) is 4. The first-order valence-electron chi connectivity index (χ1n) is 3.48. The molecule has 1 unspecified atom stereocenters. The maximum Gasteiger partial charge on any atom is 0.276 e. The Hall–Kier alpha value is -1.93. The van der Waals surface area contributed by atoms with Crippen molar-refractivity contribution in [3.8, 4) is 6.07 Å². The maximum absolute atomic E-state index is 10.4. The number of nitrogens with zero attached hydrogens (tertiary/aromatic N) is 2. The summed E-state index contributed by atoms with van der Waals surface area (Å²) >= 11 is 0. The van der Waals surface area contributed by atoms with Gasteiger partial charge in [-0.05, 0) is 6.07 Å². The van der Waals surface area contributed by atoms with Crippen LogP contribution in [0.15, 0.2) is 24.3 Å². The second-order valence-electron chi connectivity index (χ2n) is 2.35. The number of aliphatic hydroxyl groups is 1. The number of nitriles is 1. The fourth-order valence-electron chi connectivity index (χ4n) is 0.955. The Morgan fingerprint density at radius 1 is 1.54 bits per heavy atom. The number of rotatable bonds is 2. The largest absolute Gasteiger partial charge is 0.374 e. The van der Waals surface area contributed by atoms with Gasteiger partial charge in [0, 0.05) is 6.07 Å². The predicted molar refractivity (Wildman–Crippen MR) is 43.7 cm³/mol. The lowest BCUT2D eigenvalue weighted by Crippen LogP contribution is -1.99. The Morgan fingerprint density at radius 3 is 2.69 bits per heavy atom. The Bertz CT molecular complexity index is 370. The van der Waals surface area contributed by atoms with Crippen molar-refractivity contribution in [3.63, 3.8) is 0 Å². The monoisotopic (exact) mass is 178 g/mol. The van der Waals surface area contributed by atoms with Gasteiger partial charge in [0.25, 0.3) is 5.69 Å². The lowest BCUT2D eigenvalue weighted by molar-refractivity contribution is -0.386. The summed E-state index contributed by atoms with van der Waals surface area (Å²) in [5.41, 5.74) is -0.216. The van der Waals surface area contributed by atoms with Crippen LogP contribution >= 0.6 is 0 Å². The van der Waals surface area contributed by atoms with E-state index < -0.39 is 11.0 Å². The predicted octanol–water partition coefficient (Wildman–Crippen LogP) is 1.15. The molecule has 0 bridgehead atoms. The van der Waals surface area contributed by atoms with E-state index in [9.17, 15) is 10.1 Å². The van der Waals surface area contributed by atoms with E-state index in [0.717, 1.165) is 0 Å². The quantitative estimate of drug-likeness (QED) is 0.418. The summed E-state index contributed by atoms with van der Waals surface area (Å²) < 4.78 is 0. The fourth-order valence-corrected chi connectivity index (χ4v) is 0.955. The molecular formula is C8H6N2O3. The summed E-state index contributed by atoms with van der Waals surface area (Å²) in [5.74, 6) is 0. The lowest BCUT2D eigenvalue weighted by Gasteiger charge is -2.01. The van der Waals surface area contributed by atoms with Crippen LogP contribution in [0, 0.1) is 21.4 Å². The van der Waals surface area contributed by atoms with Crippen molar-refractivity contribution in [2.75, 3.05) is 0 Å². The van der Waals surface area contributed by atoms with E-state index in [-0.39, 0.29) is 11.3 Å². The van der Waals surface area contributed by atoms with Gasteiger partial charge >= 0.3 is 0 Å². The average molecular weight is 178 g/mol. The minimum atomic E-state index is -1.44. The van der Waals surface area contributed by atoms with E-state index in [2.05, 4.69) is 0 Å². The van der Waals surface area contributed by atoms with Gasteiger partial charge in [-0.3, -0.25) is 10.1 Å². The number of aliphatic hydroxyl groups excluding tert-OH is 1. The molecular weight excluding hydrogens is 172 g/mol. The minimum Gasteiger partial charge on any atom is -0.374 e. The third-order valence-electron chi connectivity index (χ3n) is 1.55. The van der Waals surface area contributed by atoms with Gasteiger partial charge in [0.2, 0.25) is 0 Å². The topological polar surface area (TPSA) is 87.2 Å². The first-order valence-corrected chi connectivity index (χ1v) is 3.48. The van der Waals surface area contributed by atoms with Gasteiger partial charge < -0.3 is 5.11 Å². The van der Waals surface area contributed by atoms with Gasteiger partial charge in [0.15, 0.2) is 6.10 Å². The highest BCUT2D eigenvalue weighted by atomic mass is 16.6. The highest BCUT2D eigenvalue weighted by molar-refractivity contribution is 5.43. The maximum atomic E-state index is 10.4. The van der Waals surface area contributed by atoms with Gasteiger partial charge in [-0.1, -0.05) is 12.1 Å². The Balaban J connectivity index is 3.21. The molecule has 5 nitrogen and oxygen atoms in total. The number of nitro groups is 1. The molecule has 0 aliphatic heterocycles. The van der Waals surface area contributed by atoms with Crippen molar-refractivity contribution < 1.29 is 10.0 Å². The summed E-state index contributed by atoms with van der Waals surface area (Å²) in [6.07, 6.45) is -1.44. The normalized spacial score (nSPS) is 11.7. The molecule has 13 heavy (non-hydrogen) atoms. The lowest BCUT2D eigenvalue weighted by atomic mass is 10.1. The molecule has 0 heterocycles. The summed E-state index contributed by atoms with van der Waals surface area (Å²) in [6, 6.07) is 7.14. The summed E-state index contributed by atoms with van der Waals surface area (Å²) in [7, 11) is 0. The van der Waals surface area contributed by atoms with E-state index in [1.165, 1.54) is 30.3 Å². The molecule has 1 aromatic rings. The van der Waals surface area contributed by atoms with Crippen LogP contribution < -0.4 is 0 Å². The highest BCUT2D eigenvalue weighted by Crippen LogP contribution is 2.23. The molecule has 1 atom stereocenters. The van der Waals surface area contributed by atoms with Gasteiger partial charge in [0.1, 0.15) is 0 Å². The van der Waals surface area contributed by atoms with Crippen molar-refractivity contribution in [2.24, 2.45) is 0 Å². The first kappa shape index (κ1) is 9.16. The smallest absolute Gasteiger partial charge is 0.276 e. The van der Waals surface area contributed by atoms with Gasteiger partial charge in [0.05, 0.1) is 16.6 Å². The first-order chi connectivity index (χ1) is 6.16. The molecule has 0 fully saturated rings. The zero-order chi connectivity index (χ0) is 9.84.